The highest BCUT2D eigenvalue weighted by Gasteiger charge is 2.38. The lowest BCUT2D eigenvalue weighted by molar-refractivity contribution is -0.192. The Morgan fingerprint density at radius 2 is 2.03 bits per heavy atom. The Hall–Kier alpha value is -2.69. The second-order valence-electron chi connectivity index (χ2n) is 7.49. The van der Waals surface area contributed by atoms with Crippen LogP contribution in [-0.2, 0) is 20.7 Å². The van der Waals surface area contributed by atoms with Crippen molar-refractivity contribution < 1.29 is 37.0 Å². The molecule has 2 heterocycles. The average molecular weight is 433 g/mol. The zero-order chi connectivity index (χ0) is 22.5. The van der Waals surface area contributed by atoms with Gasteiger partial charge in [0.2, 0.25) is 5.91 Å². The van der Waals surface area contributed by atoms with Crippen molar-refractivity contribution in [1.29, 1.82) is 0 Å². The van der Waals surface area contributed by atoms with Gasteiger partial charge in [0.15, 0.2) is 0 Å². The van der Waals surface area contributed by atoms with Gasteiger partial charge in [-0.15, -0.1) is 0 Å². The summed E-state index contributed by atoms with van der Waals surface area (Å²) in [6.07, 6.45) is -2.99. The van der Waals surface area contributed by atoms with Crippen molar-refractivity contribution in [3.05, 3.63) is 29.8 Å². The highest BCUT2D eigenvalue weighted by atomic mass is 19.4. The minimum atomic E-state index is -5.08. The fourth-order valence-electron chi connectivity index (χ4n) is 3.06. The number of carbonyl (C=O) groups excluding carboxylic acids is 1. The molecule has 1 saturated heterocycles. The first-order valence-corrected chi connectivity index (χ1v) is 9.23. The third-order valence-corrected chi connectivity index (χ3v) is 4.46. The van der Waals surface area contributed by atoms with Gasteiger partial charge in [0, 0.05) is 25.5 Å². The zero-order valence-corrected chi connectivity index (χ0v) is 16.5. The number of carboxylic acid groups (broad SMARTS) is 1. The first-order chi connectivity index (χ1) is 13.9. The number of ether oxygens (including phenoxy) is 1. The fraction of sp³-hybridized carbons (Fsp3) is 0.526. The minimum Gasteiger partial charge on any atom is -0.475 e. The molecule has 1 unspecified atom stereocenters. The van der Waals surface area contributed by atoms with Gasteiger partial charge >= 0.3 is 12.1 Å². The number of amides is 1. The average Bonchev–Trinajstić information content (AvgIpc) is 3.02. The van der Waals surface area contributed by atoms with Crippen LogP contribution in [0.1, 0.15) is 32.5 Å². The van der Waals surface area contributed by atoms with Gasteiger partial charge in [-0.3, -0.25) is 4.79 Å². The lowest BCUT2D eigenvalue weighted by atomic mass is 9.88. The van der Waals surface area contributed by atoms with Crippen LogP contribution in [0.5, 0.6) is 0 Å². The largest absolute Gasteiger partial charge is 0.490 e. The van der Waals surface area contributed by atoms with Crippen LogP contribution in [0.15, 0.2) is 18.2 Å². The van der Waals surface area contributed by atoms with Gasteiger partial charge in [0.1, 0.15) is 11.6 Å². The molecule has 1 aromatic carbocycles. The number of imidazole rings is 1. The van der Waals surface area contributed by atoms with E-state index in [2.05, 4.69) is 15.3 Å². The monoisotopic (exact) mass is 433 g/mol. The van der Waals surface area contributed by atoms with Crippen LogP contribution in [0.4, 0.5) is 17.6 Å². The highest BCUT2D eigenvalue weighted by molar-refractivity contribution is 5.79. The summed E-state index contributed by atoms with van der Waals surface area (Å²) in [6.45, 7) is 5.17. The standard InChI is InChI=1S/C17H22FN3O2.C2HF3O2/c1-17(2)10-11(6-8-23-17)16(22)19-7-5-15-20-13-4-3-12(18)9-14(13)21-15;3-2(4,5)1(6)7/h3-4,9,11H,5-8,10H2,1-2H3,(H,19,22)(H,20,21);(H,6,7). The van der Waals surface area contributed by atoms with Gasteiger partial charge in [-0.2, -0.15) is 13.2 Å². The summed E-state index contributed by atoms with van der Waals surface area (Å²) in [4.78, 5) is 28.6. The van der Waals surface area contributed by atoms with Crippen LogP contribution in [0.3, 0.4) is 0 Å². The van der Waals surface area contributed by atoms with Crippen molar-refractivity contribution in [2.24, 2.45) is 5.92 Å². The molecule has 30 heavy (non-hydrogen) atoms. The van der Waals surface area contributed by atoms with E-state index in [0.717, 1.165) is 24.2 Å². The highest BCUT2D eigenvalue weighted by Crippen LogP contribution is 2.28. The second-order valence-corrected chi connectivity index (χ2v) is 7.49. The van der Waals surface area contributed by atoms with Crippen molar-refractivity contribution in [3.63, 3.8) is 0 Å². The van der Waals surface area contributed by atoms with E-state index < -0.39 is 12.1 Å². The van der Waals surface area contributed by atoms with Gasteiger partial charge in [-0.05, 0) is 44.9 Å². The number of carbonyl (C=O) groups is 2. The number of nitrogens with one attached hydrogen (secondary N) is 2. The number of H-pyrrole nitrogens is 1. The Balaban J connectivity index is 0.000000396. The van der Waals surface area contributed by atoms with Gasteiger partial charge in [-0.25, -0.2) is 14.2 Å². The Kier molecular flexibility index (Phi) is 7.40. The molecule has 3 N–H and O–H groups in total. The summed E-state index contributed by atoms with van der Waals surface area (Å²) >= 11 is 0. The maximum absolute atomic E-state index is 13.2. The quantitative estimate of drug-likeness (QED) is 0.643. The zero-order valence-electron chi connectivity index (χ0n) is 16.5. The number of carboxylic acids is 1. The maximum atomic E-state index is 13.2. The molecule has 2 aromatic rings. The van der Waals surface area contributed by atoms with E-state index in [1.807, 2.05) is 13.8 Å². The van der Waals surface area contributed by atoms with E-state index in [1.165, 1.54) is 12.1 Å². The molecule has 1 aromatic heterocycles. The first-order valence-electron chi connectivity index (χ1n) is 9.23. The van der Waals surface area contributed by atoms with Crippen LogP contribution in [-0.4, -0.2) is 51.9 Å². The number of halogens is 4. The molecule has 0 saturated carbocycles. The molecule has 1 atom stereocenters. The molecular weight excluding hydrogens is 410 g/mol. The number of aromatic amines is 1. The number of rotatable bonds is 4. The predicted molar refractivity (Wildman–Crippen MR) is 99.2 cm³/mol. The summed E-state index contributed by atoms with van der Waals surface area (Å²) in [7, 11) is 0. The summed E-state index contributed by atoms with van der Waals surface area (Å²) in [6, 6.07) is 4.46. The van der Waals surface area contributed by atoms with Crippen molar-refractivity contribution in [2.75, 3.05) is 13.2 Å². The molecule has 0 radical (unpaired) electrons. The summed E-state index contributed by atoms with van der Waals surface area (Å²) in [5.74, 6) is -2.22. The molecule has 0 aliphatic carbocycles. The fourth-order valence-corrected chi connectivity index (χ4v) is 3.06. The number of fused-ring (bicyclic) bond motifs is 1. The molecule has 1 fully saturated rings. The van der Waals surface area contributed by atoms with Crippen molar-refractivity contribution in [1.82, 2.24) is 15.3 Å². The van der Waals surface area contributed by atoms with E-state index in [4.69, 9.17) is 14.6 Å². The minimum absolute atomic E-state index is 0.00326. The van der Waals surface area contributed by atoms with Gasteiger partial charge in [0.05, 0.1) is 16.6 Å². The second kappa shape index (κ2) is 9.41. The number of hydrogen-bond acceptors (Lipinski definition) is 4. The van der Waals surface area contributed by atoms with E-state index >= 15 is 0 Å². The molecule has 3 rings (SSSR count). The molecule has 1 amide bonds. The lowest BCUT2D eigenvalue weighted by Crippen LogP contribution is -2.41. The molecule has 0 spiro atoms. The molecule has 166 valence electrons. The Morgan fingerprint density at radius 3 is 2.63 bits per heavy atom. The molecule has 11 heteroatoms. The maximum Gasteiger partial charge on any atom is 0.490 e. The molecular formula is C19H23F4N3O4. The van der Waals surface area contributed by atoms with Crippen molar-refractivity contribution >= 4 is 22.9 Å². The van der Waals surface area contributed by atoms with Crippen molar-refractivity contribution in [2.45, 2.75) is 44.9 Å². The van der Waals surface area contributed by atoms with Crippen LogP contribution in [0, 0.1) is 11.7 Å². The Morgan fingerprint density at radius 1 is 1.37 bits per heavy atom. The molecule has 7 nitrogen and oxygen atoms in total. The van der Waals surface area contributed by atoms with Crippen LogP contribution >= 0.6 is 0 Å². The Bertz CT molecular complexity index is 896. The van der Waals surface area contributed by atoms with E-state index in [1.54, 1.807) is 6.07 Å². The van der Waals surface area contributed by atoms with E-state index in [9.17, 15) is 22.4 Å². The third kappa shape index (κ3) is 6.97. The number of nitrogens with zero attached hydrogens (tertiary/aromatic N) is 1. The molecule has 0 bridgehead atoms. The SMILES string of the molecule is CC1(C)CC(C(=O)NCCc2nc3ccc(F)cc3[nH]2)CCO1.O=C(O)C(F)(F)F. The van der Waals surface area contributed by atoms with Gasteiger partial charge < -0.3 is 20.1 Å². The normalized spacial score (nSPS) is 18.4. The van der Waals surface area contributed by atoms with E-state index in [-0.39, 0.29) is 23.2 Å². The first kappa shape index (κ1) is 23.6. The molecule has 1 aliphatic rings. The Labute approximate surface area is 169 Å². The lowest BCUT2D eigenvalue weighted by Gasteiger charge is -2.34. The summed E-state index contributed by atoms with van der Waals surface area (Å²) in [5.41, 5.74) is 1.18. The van der Waals surface area contributed by atoms with Crippen LogP contribution in [0.2, 0.25) is 0 Å². The molecule has 1 aliphatic heterocycles. The number of benzene rings is 1. The number of aliphatic carboxylic acids is 1. The predicted octanol–water partition coefficient (Wildman–Crippen LogP) is 3.20. The van der Waals surface area contributed by atoms with Crippen molar-refractivity contribution in [3.8, 4) is 0 Å². The third-order valence-electron chi connectivity index (χ3n) is 4.46. The topological polar surface area (TPSA) is 104 Å². The summed E-state index contributed by atoms with van der Waals surface area (Å²) < 4.78 is 50.5. The number of hydrogen-bond donors (Lipinski definition) is 3. The van der Waals surface area contributed by atoms with Crippen LogP contribution in [0.25, 0.3) is 11.0 Å². The summed E-state index contributed by atoms with van der Waals surface area (Å²) in [5, 5.41) is 10.1. The van der Waals surface area contributed by atoms with Gasteiger partial charge in [0.25, 0.3) is 0 Å². The smallest absolute Gasteiger partial charge is 0.475 e. The number of alkyl halides is 3. The van der Waals surface area contributed by atoms with Crippen LogP contribution < -0.4 is 5.32 Å². The van der Waals surface area contributed by atoms with E-state index in [0.29, 0.717) is 25.1 Å². The number of aromatic nitrogens is 2. The van der Waals surface area contributed by atoms with Gasteiger partial charge in [-0.1, -0.05) is 0 Å².